The highest BCUT2D eigenvalue weighted by Crippen LogP contribution is 2.34. The maximum Gasteiger partial charge on any atom is 0.421 e. The van der Waals surface area contributed by atoms with Crippen molar-refractivity contribution >= 4 is 76.4 Å². The maximum absolute atomic E-state index is 13.8. The molecule has 1 saturated heterocycles. The van der Waals surface area contributed by atoms with E-state index in [0.717, 1.165) is 32.0 Å². The number of hydrogen-bond acceptors (Lipinski definition) is 11. The molecule has 0 aliphatic carbocycles. The lowest BCUT2D eigenvalue weighted by Crippen LogP contribution is -2.57. The van der Waals surface area contributed by atoms with Gasteiger partial charge < -0.3 is 15.0 Å². The predicted molar refractivity (Wildman–Crippen MR) is 170 cm³/mol. The van der Waals surface area contributed by atoms with Crippen molar-refractivity contribution in [1.82, 2.24) is 24.2 Å². The zero-order valence-corrected chi connectivity index (χ0v) is 28.6. The third-order valence-corrected chi connectivity index (χ3v) is 13.2. The molecule has 44 heavy (non-hydrogen) atoms. The van der Waals surface area contributed by atoms with Crippen LogP contribution in [0.25, 0.3) is 10.1 Å². The van der Waals surface area contributed by atoms with Crippen molar-refractivity contribution < 1.29 is 31.2 Å². The fourth-order valence-corrected chi connectivity index (χ4v) is 10.4. The van der Waals surface area contributed by atoms with Gasteiger partial charge in [-0.2, -0.15) is 4.31 Å². The highest BCUT2D eigenvalue weighted by molar-refractivity contribution is 7.91. The summed E-state index contributed by atoms with van der Waals surface area (Å²) in [6, 6.07) is 6.14. The fraction of sp³-hybridized carbons (Fsp3) is 0.519. The summed E-state index contributed by atoms with van der Waals surface area (Å²) >= 11 is 8.48. The Morgan fingerprint density at radius 3 is 2.64 bits per heavy atom. The van der Waals surface area contributed by atoms with E-state index in [4.69, 9.17) is 16.3 Å². The standard InChI is InChI=1S/C27H34ClN5O7S4/c1-16-11-20-22(14-29-16)42-24(30-20)25(34)33-9-8-32(44(38,39)23-12-17-5-6-18(28)13-21(17)41-23)15-19(33)7-10-43(36,37)31-26(35)40-27(2,3)4/h5-6,12-13,16,19,29H,7-11,14-15H2,1-4H3,(H,31,35). The van der Waals surface area contributed by atoms with Crippen LogP contribution in [-0.2, 0) is 37.7 Å². The van der Waals surface area contributed by atoms with Crippen molar-refractivity contribution in [3.63, 3.8) is 0 Å². The molecule has 4 heterocycles. The lowest BCUT2D eigenvalue weighted by molar-refractivity contribution is 0.0548. The molecule has 0 bridgehead atoms. The first kappa shape index (κ1) is 33.0. The third-order valence-electron chi connectivity index (χ3n) is 7.19. The van der Waals surface area contributed by atoms with Crippen molar-refractivity contribution in [2.75, 3.05) is 25.4 Å². The Labute approximate surface area is 269 Å². The Bertz CT molecular complexity index is 1800. The zero-order chi connectivity index (χ0) is 32.0. The van der Waals surface area contributed by atoms with Crippen LogP contribution in [0.15, 0.2) is 28.5 Å². The van der Waals surface area contributed by atoms with Crippen LogP contribution >= 0.6 is 34.3 Å². The average molecular weight is 704 g/mol. The third kappa shape index (κ3) is 7.54. The summed E-state index contributed by atoms with van der Waals surface area (Å²) in [6.07, 6.45) is -0.551. The van der Waals surface area contributed by atoms with Gasteiger partial charge in [-0.1, -0.05) is 17.7 Å². The molecule has 1 aromatic carbocycles. The van der Waals surface area contributed by atoms with Gasteiger partial charge in [-0.3, -0.25) is 4.79 Å². The summed E-state index contributed by atoms with van der Waals surface area (Å²) in [7, 11) is -8.14. The molecule has 2 aromatic heterocycles. The second kappa shape index (κ2) is 12.5. The number of nitrogens with one attached hydrogen (secondary N) is 2. The number of benzene rings is 1. The lowest BCUT2D eigenvalue weighted by atomic mass is 10.1. The summed E-state index contributed by atoms with van der Waals surface area (Å²) in [5.74, 6) is -0.917. The van der Waals surface area contributed by atoms with Crippen LogP contribution in [0.3, 0.4) is 0 Å². The lowest BCUT2D eigenvalue weighted by Gasteiger charge is -2.40. The minimum absolute atomic E-state index is 0.0200. The number of piperazine rings is 1. The second-order valence-electron chi connectivity index (χ2n) is 11.8. The summed E-state index contributed by atoms with van der Waals surface area (Å²) in [5.41, 5.74) is -0.0459. The van der Waals surface area contributed by atoms with E-state index in [0.29, 0.717) is 18.0 Å². The van der Waals surface area contributed by atoms with Crippen LogP contribution in [0.1, 0.15) is 54.5 Å². The maximum atomic E-state index is 13.8. The van der Waals surface area contributed by atoms with Gasteiger partial charge in [0.2, 0.25) is 10.0 Å². The van der Waals surface area contributed by atoms with Crippen molar-refractivity contribution in [2.45, 2.75) is 69.0 Å². The zero-order valence-electron chi connectivity index (χ0n) is 24.6. The van der Waals surface area contributed by atoms with Gasteiger partial charge in [-0.25, -0.2) is 31.3 Å². The Hall–Kier alpha value is -2.34. The Morgan fingerprint density at radius 1 is 1.16 bits per heavy atom. The Kier molecular flexibility index (Phi) is 9.35. The van der Waals surface area contributed by atoms with Crippen LogP contribution in [-0.4, -0.2) is 86.1 Å². The number of aromatic nitrogens is 1. The molecule has 0 spiro atoms. The number of ether oxygens (including phenoxy) is 1. The first-order chi connectivity index (χ1) is 20.5. The predicted octanol–water partition coefficient (Wildman–Crippen LogP) is 3.81. The van der Waals surface area contributed by atoms with Crippen LogP contribution in [0.5, 0.6) is 0 Å². The van der Waals surface area contributed by atoms with E-state index in [1.807, 2.05) is 11.6 Å². The van der Waals surface area contributed by atoms with Crippen molar-refractivity contribution in [2.24, 2.45) is 0 Å². The van der Waals surface area contributed by atoms with Crippen LogP contribution in [0.4, 0.5) is 4.79 Å². The molecule has 1 fully saturated rings. The highest BCUT2D eigenvalue weighted by Gasteiger charge is 2.39. The van der Waals surface area contributed by atoms with Crippen molar-refractivity contribution in [3.05, 3.63) is 44.9 Å². The number of rotatable bonds is 7. The molecule has 2 atom stereocenters. The van der Waals surface area contributed by atoms with Gasteiger partial charge in [0.25, 0.3) is 15.9 Å². The molecule has 2 aliphatic rings. The number of hydrogen-bond donors (Lipinski definition) is 2. The van der Waals surface area contributed by atoms with Crippen LogP contribution in [0.2, 0.25) is 5.02 Å². The van der Waals surface area contributed by atoms with Crippen molar-refractivity contribution in [3.8, 4) is 0 Å². The Morgan fingerprint density at radius 2 is 1.91 bits per heavy atom. The average Bonchev–Trinajstić information content (AvgIpc) is 3.54. The van der Waals surface area contributed by atoms with E-state index < -0.39 is 43.5 Å². The first-order valence-electron chi connectivity index (χ1n) is 14.0. The molecule has 0 saturated carbocycles. The van der Waals surface area contributed by atoms with E-state index in [-0.39, 0.29) is 47.2 Å². The van der Waals surface area contributed by atoms with Crippen molar-refractivity contribution in [1.29, 1.82) is 0 Å². The van der Waals surface area contributed by atoms with Gasteiger partial charge in [0.15, 0.2) is 5.01 Å². The molecule has 17 heteroatoms. The highest BCUT2D eigenvalue weighted by atomic mass is 35.5. The van der Waals surface area contributed by atoms with Crippen LogP contribution in [0, 0.1) is 0 Å². The number of thiophene rings is 1. The van der Waals surface area contributed by atoms with Gasteiger partial charge >= 0.3 is 6.09 Å². The molecule has 0 radical (unpaired) electrons. The molecular formula is C27H34ClN5O7S4. The minimum Gasteiger partial charge on any atom is -0.443 e. The van der Waals surface area contributed by atoms with E-state index in [9.17, 15) is 26.4 Å². The van der Waals surface area contributed by atoms with E-state index in [2.05, 4.69) is 10.3 Å². The number of carbonyl (C=O) groups excluding carboxylic acids is 2. The number of fused-ring (bicyclic) bond motifs is 2. The Balaban J connectivity index is 1.39. The molecule has 2 aliphatic heterocycles. The summed E-state index contributed by atoms with van der Waals surface area (Å²) in [5, 5.41) is 4.86. The number of thiazole rings is 1. The smallest absolute Gasteiger partial charge is 0.421 e. The first-order valence-corrected chi connectivity index (χ1v) is 19.1. The topological polar surface area (TPSA) is 155 Å². The van der Waals surface area contributed by atoms with E-state index >= 15 is 0 Å². The number of nitrogens with zero attached hydrogens (tertiary/aromatic N) is 3. The van der Waals surface area contributed by atoms with E-state index in [1.165, 1.54) is 20.5 Å². The number of carbonyl (C=O) groups is 2. The molecule has 3 aromatic rings. The summed E-state index contributed by atoms with van der Waals surface area (Å²) in [6.45, 7) is 7.40. The van der Waals surface area contributed by atoms with E-state index in [1.54, 1.807) is 45.0 Å². The normalized spacial score (nSPS) is 20.0. The summed E-state index contributed by atoms with van der Waals surface area (Å²) in [4.78, 5) is 33.0. The molecule has 12 nitrogen and oxygen atoms in total. The largest absolute Gasteiger partial charge is 0.443 e. The monoisotopic (exact) mass is 703 g/mol. The molecule has 2 amide bonds. The van der Waals surface area contributed by atoms with Crippen LogP contribution < -0.4 is 10.0 Å². The van der Waals surface area contributed by atoms with Gasteiger partial charge in [0, 0.05) is 59.3 Å². The molecule has 240 valence electrons. The molecular weight excluding hydrogens is 670 g/mol. The SMILES string of the molecule is CC1Cc2nc(C(=O)N3CCN(S(=O)(=O)c4cc5ccc(Cl)cc5s4)CC3CCS(=O)(=O)NC(=O)OC(C)(C)C)sc2CN1. The molecule has 2 unspecified atom stereocenters. The fourth-order valence-electron chi connectivity index (χ4n) is 5.09. The quantitative estimate of drug-likeness (QED) is 0.374. The number of sulfonamides is 2. The van der Waals surface area contributed by atoms with Gasteiger partial charge in [0.05, 0.1) is 11.4 Å². The van der Waals surface area contributed by atoms with Gasteiger partial charge in [-0.15, -0.1) is 22.7 Å². The molecule has 2 N–H and O–H groups in total. The summed E-state index contributed by atoms with van der Waals surface area (Å²) < 4.78 is 62.3. The number of amides is 2. The number of halogens is 1. The van der Waals surface area contributed by atoms with Gasteiger partial charge in [-0.05, 0) is 57.7 Å². The molecule has 5 rings (SSSR count). The van der Waals surface area contributed by atoms with Gasteiger partial charge in [0.1, 0.15) is 9.81 Å². The second-order valence-corrected chi connectivity index (χ2v) is 18.5. The minimum atomic E-state index is -4.16.